The lowest BCUT2D eigenvalue weighted by Gasteiger charge is -2.32. The second-order valence-electron chi connectivity index (χ2n) is 11.9. The minimum atomic E-state index is -0.286. The zero-order valence-electron chi connectivity index (χ0n) is 26.0. The van der Waals surface area contributed by atoms with Crippen molar-refractivity contribution in [2.75, 3.05) is 25.1 Å². The minimum absolute atomic E-state index is 0.184. The van der Waals surface area contributed by atoms with Crippen molar-refractivity contribution in [1.29, 1.82) is 0 Å². The molecule has 1 amide bonds. The van der Waals surface area contributed by atoms with E-state index in [2.05, 4.69) is 94.0 Å². The Morgan fingerprint density at radius 1 is 0.935 bits per heavy atom. The molecule has 0 atom stereocenters. The fourth-order valence-electron chi connectivity index (χ4n) is 6.48. The molecule has 9 nitrogen and oxygen atoms in total. The zero-order valence-corrected chi connectivity index (χ0v) is 26.0. The first-order valence-corrected chi connectivity index (χ1v) is 15.9. The van der Waals surface area contributed by atoms with E-state index in [1.165, 1.54) is 34.0 Å². The fourth-order valence-corrected chi connectivity index (χ4v) is 6.48. The van der Waals surface area contributed by atoms with Crippen molar-refractivity contribution in [2.24, 2.45) is 16.7 Å². The first kappa shape index (κ1) is 31.0. The van der Waals surface area contributed by atoms with Crippen LogP contribution in [0.2, 0.25) is 0 Å². The molecule has 1 aliphatic carbocycles. The summed E-state index contributed by atoms with van der Waals surface area (Å²) in [7, 11) is 0. The summed E-state index contributed by atoms with van der Waals surface area (Å²) in [6.45, 7) is 1.59. The van der Waals surface area contributed by atoms with Gasteiger partial charge in [0.05, 0.1) is 11.0 Å². The quantitative estimate of drug-likeness (QED) is 0.0490. The maximum absolute atomic E-state index is 12.4. The van der Waals surface area contributed by atoms with Crippen molar-refractivity contribution in [3.05, 3.63) is 119 Å². The number of nitrogens with two attached hydrogens (primary N) is 2. The van der Waals surface area contributed by atoms with Gasteiger partial charge >= 0.3 is 0 Å². The molecule has 1 fully saturated rings. The molecule has 2 heterocycles. The van der Waals surface area contributed by atoms with E-state index in [0.717, 1.165) is 49.3 Å². The van der Waals surface area contributed by atoms with Crippen molar-refractivity contribution in [3.8, 4) is 16.9 Å². The van der Waals surface area contributed by atoms with Gasteiger partial charge in [0, 0.05) is 24.8 Å². The van der Waals surface area contributed by atoms with Gasteiger partial charge in [-0.1, -0.05) is 79.6 Å². The molecule has 1 saturated carbocycles. The normalized spacial score (nSPS) is 15.3. The van der Waals surface area contributed by atoms with Crippen molar-refractivity contribution in [1.82, 2.24) is 15.7 Å². The van der Waals surface area contributed by atoms with Gasteiger partial charge in [-0.3, -0.25) is 9.79 Å². The van der Waals surface area contributed by atoms with E-state index < -0.39 is 0 Å². The Morgan fingerprint density at radius 3 is 2.43 bits per heavy atom. The number of carbonyl (C=O) groups excluding carboxylic acids is 1. The van der Waals surface area contributed by atoms with Crippen LogP contribution in [-0.2, 0) is 11.8 Å². The lowest BCUT2D eigenvalue weighted by atomic mass is 9.77. The summed E-state index contributed by atoms with van der Waals surface area (Å²) in [5.41, 5.74) is 12.8. The molecule has 46 heavy (non-hydrogen) atoms. The van der Waals surface area contributed by atoms with Gasteiger partial charge in [-0.2, -0.15) is 0 Å². The van der Waals surface area contributed by atoms with Crippen LogP contribution in [0, 0.1) is 0 Å². The Bertz CT molecular complexity index is 1690. The molecule has 0 saturated heterocycles. The molecule has 3 aromatic carbocycles. The Morgan fingerprint density at radius 2 is 1.72 bits per heavy atom. The number of hydrogen-bond donors (Lipinski definition) is 5. The van der Waals surface area contributed by atoms with Gasteiger partial charge in [-0.25, -0.2) is 16.7 Å². The molecule has 7 N–H and O–H groups in total. The number of aliphatic imine (C=N–C) groups is 1. The number of anilines is 1. The van der Waals surface area contributed by atoms with E-state index in [1.807, 2.05) is 6.07 Å². The lowest BCUT2D eigenvalue weighted by Crippen LogP contribution is -2.46. The third-order valence-corrected chi connectivity index (χ3v) is 8.94. The number of aromatic nitrogens is 1. The van der Waals surface area contributed by atoms with E-state index in [-0.39, 0.29) is 11.3 Å². The van der Waals surface area contributed by atoms with Gasteiger partial charge in [-0.05, 0) is 77.8 Å². The first-order chi connectivity index (χ1) is 22.6. The summed E-state index contributed by atoms with van der Waals surface area (Å²) in [5.74, 6) is 13.4. The van der Waals surface area contributed by atoms with Gasteiger partial charge < -0.3 is 20.9 Å². The number of nitrogen functional groups attached to an aromatic ring is 1. The molecule has 1 aromatic heterocycles. The Kier molecular flexibility index (Phi) is 9.71. The molecule has 0 spiro atoms. The predicted octanol–water partition coefficient (Wildman–Crippen LogP) is 5.55. The summed E-state index contributed by atoms with van der Waals surface area (Å²) in [6, 6.07) is 29.1. The van der Waals surface area contributed by atoms with E-state index in [9.17, 15) is 4.79 Å². The standard InChI is InChI=1S/C37H41N7O2/c38-43-34-16-14-31(24-42-34)35(45)40-19-6-20-41-36(44-39)37(17-4-5-18-37)32-15-13-30-22-27(25-46-33(30)23-32)21-26-9-11-29(12-10-26)28-7-2-1-3-8-28/h1-3,7-16,22-24H,4-6,17-21,25,38-39H2,(H,40,45)(H,41,44)(H,42,43). The minimum Gasteiger partial charge on any atom is -0.489 e. The third-order valence-electron chi connectivity index (χ3n) is 8.94. The zero-order chi connectivity index (χ0) is 31.8. The molecule has 236 valence electrons. The average Bonchev–Trinajstić information content (AvgIpc) is 3.61. The second kappa shape index (κ2) is 14.4. The van der Waals surface area contributed by atoms with Crippen LogP contribution in [0.3, 0.4) is 0 Å². The van der Waals surface area contributed by atoms with Gasteiger partial charge in [0.2, 0.25) is 0 Å². The molecule has 0 unspecified atom stereocenters. The van der Waals surface area contributed by atoms with Crippen LogP contribution in [-0.4, -0.2) is 36.4 Å². The highest BCUT2D eigenvalue weighted by Crippen LogP contribution is 2.44. The fraction of sp³-hybridized carbons (Fsp3) is 0.270. The summed E-state index contributed by atoms with van der Waals surface area (Å²) < 4.78 is 6.33. The molecule has 0 bridgehead atoms. The molecule has 9 heteroatoms. The van der Waals surface area contributed by atoms with Gasteiger partial charge in [-0.15, -0.1) is 0 Å². The van der Waals surface area contributed by atoms with Crippen LogP contribution in [0.15, 0.2) is 102 Å². The highest BCUT2D eigenvalue weighted by molar-refractivity contribution is 5.94. The molecular formula is C37H41N7O2. The summed E-state index contributed by atoms with van der Waals surface area (Å²) in [6.07, 6.45) is 9.43. The Balaban J connectivity index is 1.09. The summed E-state index contributed by atoms with van der Waals surface area (Å²) >= 11 is 0. The van der Waals surface area contributed by atoms with Crippen molar-refractivity contribution < 1.29 is 9.53 Å². The Labute approximate surface area is 270 Å². The van der Waals surface area contributed by atoms with Crippen molar-refractivity contribution in [3.63, 3.8) is 0 Å². The van der Waals surface area contributed by atoms with E-state index >= 15 is 0 Å². The van der Waals surface area contributed by atoms with Crippen molar-refractivity contribution in [2.45, 2.75) is 43.9 Å². The molecule has 1 aliphatic heterocycles. The number of benzene rings is 3. The van der Waals surface area contributed by atoms with E-state index in [0.29, 0.717) is 37.5 Å². The molecule has 0 radical (unpaired) electrons. The molecule has 6 rings (SSSR count). The number of rotatable bonds is 11. The van der Waals surface area contributed by atoms with Crippen LogP contribution < -0.4 is 32.6 Å². The summed E-state index contributed by atoms with van der Waals surface area (Å²) in [4.78, 5) is 21.4. The number of amidine groups is 1. The number of ether oxygens (including phenoxy) is 1. The maximum atomic E-state index is 12.4. The lowest BCUT2D eigenvalue weighted by molar-refractivity contribution is 0.0953. The number of nitrogens with one attached hydrogen (secondary N) is 3. The van der Waals surface area contributed by atoms with Crippen LogP contribution in [0.25, 0.3) is 17.2 Å². The van der Waals surface area contributed by atoms with Crippen molar-refractivity contribution >= 4 is 23.6 Å². The number of pyridine rings is 1. The van der Waals surface area contributed by atoms with Crippen LogP contribution >= 0.6 is 0 Å². The highest BCUT2D eigenvalue weighted by Gasteiger charge is 2.41. The average molecular weight is 616 g/mol. The second-order valence-corrected chi connectivity index (χ2v) is 11.9. The van der Waals surface area contributed by atoms with Crippen LogP contribution in [0.4, 0.5) is 5.82 Å². The summed E-state index contributed by atoms with van der Waals surface area (Å²) in [5, 5.41) is 2.93. The number of carbonyl (C=O) groups is 1. The van der Waals surface area contributed by atoms with E-state index in [4.69, 9.17) is 21.4 Å². The van der Waals surface area contributed by atoms with Crippen LogP contribution in [0.1, 0.15) is 59.2 Å². The van der Waals surface area contributed by atoms with Gasteiger partial charge in [0.25, 0.3) is 5.91 Å². The monoisotopic (exact) mass is 615 g/mol. The number of nitrogens with zero attached hydrogens (tertiary/aromatic N) is 2. The first-order valence-electron chi connectivity index (χ1n) is 15.9. The highest BCUT2D eigenvalue weighted by atomic mass is 16.5. The maximum Gasteiger partial charge on any atom is 0.252 e. The molecule has 2 aliphatic rings. The predicted molar refractivity (Wildman–Crippen MR) is 184 cm³/mol. The van der Waals surface area contributed by atoms with Crippen LogP contribution in [0.5, 0.6) is 5.75 Å². The SMILES string of the molecule is NNC(=NCCCNC(=O)c1ccc(NN)nc1)C1(c2ccc3c(c2)OCC(Cc2ccc(-c4ccccc4)cc2)=C3)CCCC1. The van der Waals surface area contributed by atoms with Gasteiger partial charge in [0.15, 0.2) is 0 Å². The topological polar surface area (TPSA) is 140 Å². The van der Waals surface area contributed by atoms with Gasteiger partial charge in [0.1, 0.15) is 24.0 Å². The molecule has 4 aromatic rings. The third kappa shape index (κ3) is 6.96. The smallest absolute Gasteiger partial charge is 0.252 e. The number of hydrazine groups is 2. The molecular weight excluding hydrogens is 574 g/mol. The Hall–Kier alpha value is -4.99. The largest absolute Gasteiger partial charge is 0.489 e. The number of fused-ring (bicyclic) bond motifs is 1. The van der Waals surface area contributed by atoms with E-state index in [1.54, 1.807) is 12.1 Å². The number of hydrogen-bond acceptors (Lipinski definition) is 7. The number of amides is 1.